The Hall–Kier alpha value is -2.96. The maximum atomic E-state index is 12.9. The summed E-state index contributed by atoms with van der Waals surface area (Å²) < 4.78 is 25.8. The molecule has 0 bridgehead atoms. The van der Waals surface area contributed by atoms with Crippen molar-refractivity contribution in [2.75, 3.05) is 18.4 Å². The van der Waals surface area contributed by atoms with Crippen LogP contribution in [0.4, 0.5) is 19.3 Å². The van der Waals surface area contributed by atoms with E-state index in [0.29, 0.717) is 37.2 Å². The zero-order valence-corrected chi connectivity index (χ0v) is 14.0. The highest BCUT2D eigenvalue weighted by Crippen LogP contribution is 2.14. The summed E-state index contributed by atoms with van der Waals surface area (Å²) in [6, 6.07) is 10.7. The van der Waals surface area contributed by atoms with Gasteiger partial charge in [0, 0.05) is 30.4 Å². The van der Waals surface area contributed by atoms with E-state index in [4.69, 9.17) is 0 Å². The summed E-state index contributed by atoms with van der Waals surface area (Å²) in [5.74, 6) is -0.998. The number of benzene rings is 2. The van der Waals surface area contributed by atoms with E-state index < -0.39 is 0 Å². The molecular formula is C19H19F2N3O2. The fraction of sp³-hybridized carbons (Fsp3) is 0.263. The van der Waals surface area contributed by atoms with Crippen molar-refractivity contribution in [3.63, 3.8) is 0 Å². The number of hydrogen-bond donors (Lipinski definition) is 2. The molecule has 5 nitrogen and oxygen atoms in total. The van der Waals surface area contributed by atoms with Crippen molar-refractivity contribution in [2.24, 2.45) is 0 Å². The van der Waals surface area contributed by atoms with Gasteiger partial charge in [0.25, 0.3) is 5.91 Å². The Morgan fingerprint density at radius 2 is 1.42 bits per heavy atom. The Labute approximate surface area is 150 Å². The van der Waals surface area contributed by atoms with E-state index in [-0.39, 0.29) is 29.6 Å². The molecular weight excluding hydrogens is 340 g/mol. The molecule has 3 rings (SSSR count). The number of anilines is 1. The third-order valence-electron chi connectivity index (χ3n) is 4.32. The molecule has 0 unspecified atom stereocenters. The molecule has 0 aliphatic carbocycles. The first-order chi connectivity index (χ1) is 12.5. The molecule has 0 saturated carbocycles. The van der Waals surface area contributed by atoms with E-state index in [0.717, 1.165) is 0 Å². The predicted octanol–water partition coefficient (Wildman–Crippen LogP) is 3.39. The Morgan fingerprint density at radius 1 is 0.885 bits per heavy atom. The minimum Gasteiger partial charge on any atom is -0.349 e. The summed E-state index contributed by atoms with van der Waals surface area (Å²) >= 11 is 0. The number of urea groups is 1. The van der Waals surface area contributed by atoms with Crippen LogP contribution in [0, 0.1) is 11.6 Å². The van der Waals surface area contributed by atoms with Gasteiger partial charge in [-0.2, -0.15) is 0 Å². The van der Waals surface area contributed by atoms with E-state index in [9.17, 15) is 18.4 Å². The number of carbonyl (C=O) groups is 2. The number of piperidine rings is 1. The number of hydrogen-bond acceptors (Lipinski definition) is 2. The molecule has 1 heterocycles. The lowest BCUT2D eigenvalue weighted by Gasteiger charge is -2.32. The van der Waals surface area contributed by atoms with Crippen molar-refractivity contribution in [1.82, 2.24) is 10.2 Å². The smallest absolute Gasteiger partial charge is 0.321 e. The van der Waals surface area contributed by atoms with Crippen LogP contribution >= 0.6 is 0 Å². The molecule has 0 aromatic heterocycles. The molecule has 2 N–H and O–H groups in total. The molecule has 1 saturated heterocycles. The van der Waals surface area contributed by atoms with E-state index in [1.807, 2.05) is 0 Å². The molecule has 0 atom stereocenters. The maximum Gasteiger partial charge on any atom is 0.321 e. The number of rotatable bonds is 3. The zero-order valence-electron chi connectivity index (χ0n) is 14.0. The Kier molecular flexibility index (Phi) is 5.46. The molecule has 136 valence electrons. The third-order valence-corrected chi connectivity index (χ3v) is 4.32. The highest BCUT2D eigenvalue weighted by Gasteiger charge is 2.24. The SMILES string of the molecule is O=C(NC1CCN(C(=O)Nc2ccc(F)cc2)CC1)c1ccc(F)cc1. The molecule has 1 fully saturated rings. The Morgan fingerprint density at radius 3 is 2.00 bits per heavy atom. The molecule has 1 aliphatic heterocycles. The normalized spacial score (nSPS) is 14.8. The van der Waals surface area contributed by atoms with Crippen molar-refractivity contribution in [3.8, 4) is 0 Å². The summed E-state index contributed by atoms with van der Waals surface area (Å²) in [6.45, 7) is 1.00. The van der Waals surface area contributed by atoms with Crippen molar-refractivity contribution in [3.05, 3.63) is 65.7 Å². The van der Waals surface area contributed by atoms with Gasteiger partial charge in [-0.05, 0) is 61.4 Å². The van der Waals surface area contributed by atoms with E-state index in [2.05, 4.69) is 10.6 Å². The molecule has 7 heteroatoms. The second kappa shape index (κ2) is 7.95. The van der Waals surface area contributed by atoms with Crippen molar-refractivity contribution in [2.45, 2.75) is 18.9 Å². The fourth-order valence-electron chi connectivity index (χ4n) is 2.83. The lowest BCUT2D eigenvalue weighted by Crippen LogP contribution is -2.47. The first-order valence-electron chi connectivity index (χ1n) is 8.39. The minimum absolute atomic E-state index is 0.0394. The van der Waals surface area contributed by atoms with Gasteiger partial charge in [0.05, 0.1) is 0 Å². The van der Waals surface area contributed by atoms with E-state index >= 15 is 0 Å². The molecule has 0 radical (unpaired) electrons. The lowest BCUT2D eigenvalue weighted by atomic mass is 10.0. The molecule has 1 aliphatic rings. The van der Waals surface area contributed by atoms with Crippen molar-refractivity contribution in [1.29, 1.82) is 0 Å². The van der Waals surface area contributed by atoms with Crippen LogP contribution in [0.15, 0.2) is 48.5 Å². The van der Waals surface area contributed by atoms with Gasteiger partial charge in [-0.15, -0.1) is 0 Å². The van der Waals surface area contributed by atoms with Crippen molar-refractivity contribution < 1.29 is 18.4 Å². The summed E-state index contributed by atoms with van der Waals surface area (Å²) in [4.78, 5) is 26.0. The van der Waals surface area contributed by atoms with Crippen LogP contribution < -0.4 is 10.6 Å². The highest BCUT2D eigenvalue weighted by atomic mass is 19.1. The number of carbonyl (C=O) groups excluding carboxylic acids is 2. The molecule has 3 amide bonds. The van der Waals surface area contributed by atoms with Crippen LogP contribution in [0.3, 0.4) is 0 Å². The molecule has 2 aromatic rings. The number of likely N-dealkylation sites (tertiary alicyclic amines) is 1. The summed E-state index contributed by atoms with van der Waals surface area (Å²) in [5, 5.41) is 5.63. The van der Waals surface area contributed by atoms with Crippen molar-refractivity contribution >= 4 is 17.6 Å². The second-order valence-electron chi connectivity index (χ2n) is 6.18. The topological polar surface area (TPSA) is 61.4 Å². The van der Waals surface area contributed by atoms with Crippen LogP contribution in [0.2, 0.25) is 0 Å². The van der Waals surface area contributed by atoms with E-state index in [1.54, 1.807) is 4.90 Å². The largest absolute Gasteiger partial charge is 0.349 e. The van der Waals surface area contributed by atoms with Gasteiger partial charge in [-0.25, -0.2) is 13.6 Å². The fourth-order valence-corrected chi connectivity index (χ4v) is 2.83. The van der Waals surface area contributed by atoms with Gasteiger partial charge in [0.2, 0.25) is 0 Å². The standard InChI is InChI=1S/C19H19F2N3O2/c20-14-3-1-13(2-4-14)18(25)22-17-9-11-24(12-10-17)19(26)23-16-7-5-15(21)6-8-16/h1-8,17H,9-12H2,(H,22,25)(H,23,26). The lowest BCUT2D eigenvalue weighted by molar-refractivity contribution is 0.0919. The average Bonchev–Trinajstić information content (AvgIpc) is 2.64. The summed E-state index contributed by atoms with van der Waals surface area (Å²) in [6.07, 6.45) is 1.26. The number of amides is 3. The Bertz CT molecular complexity index is 770. The number of nitrogens with zero attached hydrogens (tertiary/aromatic N) is 1. The van der Waals surface area contributed by atoms with Crippen LogP contribution in [-0.4, -0.2) is 36.0 Å². The first-order valence-corrected chi connectivity index (χ1v) is 8.39. The van der Waals surface area contributed by atoms with Gasteiger partial charge in [-0.3, -0.25) is 4.79 Å². The van der Waals surface area contributed by atoms with Gasteiger partial charge < -0.3 is 15.5 Å². The molecule has 2 aromatic carbocycles. The maximum absolute atomic E-state index is 12.9. The quantitative estimate of drug-likeness (QED) is 0.882. The first kappa shape index (κ1) is 17.8. The number of halogens is 2. The average molecular weight is 359 g/mol. The second-order valence-corrected chi connectivity index (χ2v) is 6.18. The van der Waals surface area contributed by atoms with Crippen LogP contribution in [0.1, 0.15) is 23.2 Å². The summed E-state index contributed by atoms with van der Waals surface area (Å²) in [7, 11) is 0. The van der Waals surface area contributed by atoms with Gasteiger partial charge >= 0.3 is 6.03 Å². The zero-order chi connectivity index (χ0) is 18.5. The minimum atomic E-state index is -0.387. The van der Waals surface area contributed by atoms with Gasteiger partial charge in [0.1, 0.15) is 11.6 Å². The highest BCUT2D eigenvalue weighted by molar-refractivity contribution is 5.94. The third kappa shape index (κ3) is 4.56. The van der Waals surface area contributed by atoms with Gasteiger partial charge in [-0.1, -0.05) is 0 Å². The summed E-state index contributed by atoms with van der Waals surface area (Å²) in [5.41, 5.74) is 0.936. The van der Waals surface area contributed by atoms with E-state index in [1.165, 1.54) is 48.5 Å². The predicted molar refractivity (Wildman–Crippen MR) is 93.9 cm³/mol. The number of nitrogens with one attached hydrogen (secondary N) is 2. The monoisotopic (exact) mass is 359 g/mol. The molecule has 26 heavy (non-hydrogen) atoms. The van der Waals surface area contributed by atoms with Crippen LogP contribution in [0.5, 0.6) is 0 Å². The van der Waals surface area contributed by atoms with Crippen LogP contribution in [-0.2, 0) is 0 Å². The molecule has 0 spiro atoms. The van der Waals surface area contributed by atoms with Crippen LogP contribution in [0.25, 0.3) is 0 Å². The Balaban J connectivity index is 1.47. The van der Waals surface area contributed by atoms with Gasteiger partial charge in [0.15, 0.2) is 0 Å².